The largest absolute Gasteiger partial charge is 0.493 e. The molecule has 0 saturated carbocycles. The number of para-hydroxylation sites is 1. The van der Waals surface area contributed by atoms with Crippen LogP contribution in [0.3, 0.4) is 0 Å². The van der Waals surface area contributed by atoms with Crippen LogP contribution in [0.25, 0.3) is 0 Å². The van der Waals surface area contributed by atoms with Crippen molar-refractivity contribution in [3.8, 4) is 5.75 Å². The summed E-state index contributed by atoms with van der Waals surface area (Å²) in [5.74, 6) is 0.731. The quantitative estimate of drug-likeness (QED) is 0.895. The Morgan fingerprint density at radius 3 is 2.40 bits per heavy atom. The van der Waals surface area contributed by atoms with Gasteiger partial charge in [-0.05, 0) is 37.6 Å². The molecule has 1 N–H and O–H groups in total. The van der Waals surface area contributed by atoms with Gasteiger partial charge in [0.05, 0.1) is 12.2 Å². The van der Waals surface area contributed by atoms with Crippen molar-refractivity contribution >= 4 is 11.6 Å². The fourth-order valence-electron chi connectivity index (χ4n) is 2.29. The number of hydrogen-bond acceptors (Lipinski definition) is 2. The molecule has 2 rings (SSSR count). The number of hydrogen-bond donors (Lipinski definition) is 1. The third kappa shape index (κ3) is 3.53. The molecule has 1 unspecified atom stereocenters. The molecule has 0 spiro atoms. The molecular weight excluding hydrogens is 272 g/mol. The van der Waals surface area contributed by atoms with Gasteiger partial charge < -0.3 is 9.84 Å². The number of aliphatic hydroxyl groups is 1. The Labute approximate surface area is 125 Å². The average Bonchev–Trinajstić information content (AvgIpc) is 2.42. The molecule has 20 heavy (non-hydrogen) atoms. The summed E-state index contributed by atoms with van der Waals surface area (Å²) in [6.07, 6.45) is 0.508. The number of ether oxygens (including phenoxy) is 1. The lowest BCUT2D eigenvalue weighted by Crippen LogP contribution is -2.25. The summed E-state index contributed by atoms with van der Waals surface area (Å²) in [5, 5.41) is 11.5. The molecule has 0 bridgehead atoms. The zero-order valence-corrected chi connectivity index (χ0v) is 12.5. The summed E-state index contributed by atoms with van der Waals surface area (Å²) in [4.78, 5) is 0. The molecule has 2 nitrogen and oxygen atoms in total. The summed E-state index contributed by atoms with van der Waals surface area (Å²) >= 11 is 5.88. The van der Waals surface area contributed by atoms with E-state index in [2.05, 4.69) is 0 Å². The second-order valence-electron chi connectivity index (χ2n) is 5.01. The molecule has 106 valence electrons. The maximum absolute atomic E-state index is 10.8. The van der Waals surface area contributed by atoms with E-state index >= 15 is 0 Å². The van der Waals surface area contributed by atoms with Gasteiger partial charge in [0, 0.05) is 17.0 Å². The van der Waals surface area contributed by atoms with Crippen molar-refractivity contribution in [1.82, 2.24) is 0 Å². The molecule has 0 aromatic heterocycles. The van der Waals surface area contributed by atoms with Gasteiger partial charge in [-0.3, -0.25) is 0 Å². The molecule has 2 aromatic rings. The van der Waals surface area contributed by atoms with Gasteiger partial charge in [-0.1, -0.05) is 41.9 Å². The van der Waals surface area contributed by atoms with E-state index in [1.165, 1.54) is 0 Å². The topological polar surface area (TPSA) is 29.5 Å². The first-order chi connectivity index (χ1) is 9.53. The lowest BCUT2D eigenvalue weighted by atomic mass is 9.88. The van der Waals surface area contributed by atoms with E-state index in [9.17, 15) is 5.11 Å². The van der Waals surface area contributed by atoms with Gasteiger partial charge in [0.25, 0.3) is 0 Å². The van der Waals surface area contributed by atoms with Crippen LogP contribution in [0.5, 0.6) is 5.75 Å². The minimum atomic E-state index is -0.987. The maximum Gasteiger partial charge on any atom is 0.125 e. The van der Waals surface area contributed by atoms with Crippen molar-refractivity contribution in [3.05, 3.63) is 64.7 Å². The Balaban J connectivity index is 2.27. The van der Waals surface area contributed by atoms with E-state index in [0.717, 1.165) is 16.9 Å². The van der Waals surface area contributed by atoms with Crippen LogP contribution in [-0.4, -0.2) is 11.7 Å². The Hall–Kier alpha value is -1.51. The predicted molar refractivity (Wildman–Crippen MR) is 82.3 cm³/mol. The van der Waals surface area contributed by atoms with E-state index in [-0.39, 0.29) is 0 Å². The van der Waals surface area contributed by atoms with Crippen LogP contribution in [0.1, 0.15) is 25.0 Å². The summed E-state index contributed by atoms with van der Waals surface area (Å²) in [7, 11) is 0. The van der Waals surface area contributed by atoms with E-state index in [1.807, 2.05) is 55.5 Å². The van der Waals surface area contributed by atoms with Gasteiger partial charge in [-0.25, -0.2) is 0 Å². The Kier molecular flexibility index (Phi) is 4.69. The molecular formula is C17H19ClO2. The van der Waals surface area contributed by atoms with Gasteiger partial charge in [-0.15, -0.1) is 0 Å². The van der Waals surface area contributed by atoms with Crippen molar-refractivity contribution in [1.29, 1.82) is 0 Å². The molecule has 0 radical (unpaired) electrons. The minimum absolute atomic E-state index is 0.508. The standard InChI is InChI=1S/C17H19ClO2/c1-3-20-16-7-5-4-6-15(16)17(2,19)12-13-8-10-14(18)11-9-13/h4-11,19H,3,12H2,1-2H3. The van der Waals surface area contributed by atoms with Gasteiger partial charge in [-0.2, -0.15) is 0 Å². The van der Waals surface area contributed by atoms with Gasteiger partial charge >= 0.3 is 0 Å². The Morgan fingerprint density at radius 2 is 1.75 bits per heavy atom. The molecule has 0 aliphatic heterocycles. The number of rotatable bonds is 5. The highest BCUT2D eigenvalue weighted by molar-refractivity contribution is 6.30. The van der Waals surface area contributed by atoms with Crippen LogP contribution >= 0.6 is 11.6 Å². The molecule has 0 heterocycles. The highest BCUT2D eigenvalue weighted by atomic mass is 35.5. The second-order valence-corrected chi connectivity index (χ2v) is 5.44. The van der Waals surface area contributed by atoms with Crippen molar-refractivity contribution < 1.29 is 9.84 Å². The predicted octanol–water partition coefficient (Wildman–Crippen LogP) is 4.19. The summed E-state index contributed by atoms with van der Waals surface area (Å²) in [5.41, 5.74) is 0.849. The Bertz CT molecular complexity index is 561. The highest BCUT2D eigenvalue weighted by Crippen LogP contribution is 2.32. The van der Waals surface area contributed by atoms with Gasteiger partial charge in [0.2, 0.25) is 0 Å². The average molecular weight is 291 g/mol. The third-order valence-electron chi connectivity index (χ3n) is 3.23. The van der Waals surface area contributed by atoms with Crippen molar-refractivity contribution in [2.24, 2.45) is 0 Å². The SMILES string of the molecule is CCOc1ccccc1C(C)(O)Cc1ccc(Cl)cc1. The zero-order valence-electron chi connectivity index (χ0n) is 11.8. The first kappa shape index (κ1) is 14.9. The molecule has 0 aliphatic rings. The maximum atomic E-state index is 10.8. The lowest BCUT2D eigenvalue weighted by Gasteiger charge is -2.26. The summed E-state index contributed by atoms with van der Waals surface area (Å²) in [6, 6.07) is 15.1. The minimum Gasteiger partial charge on any atom is -0.493 e. The van der Waals surface area contributed by atoms with Crippen LogP contribution in [0.4, 0.5) is 0 Å². The van der Waals surface area contributed by atoms with Crippen molar-refractivity contribution in [2.75, 3.05) is 6.61 Å². The van der Waals surface area contributed by atoms with Crippen LogP contribution in [0, 0.1) is 0 Å². The first-order valence-electron chi connectivity index (χ1n) is 6.72. The van der Waals surface area contributed by atoms with Crippen LogP contribution in [-0.2, 0) is 12.0 Å². The fourth-order valence-corrected chi connectivity index (χ4v) is 2.41. The van der Waals surface area contributed by atoms with E-state index in [4.69, 9.17) is 16.3 Å². The number of halogens is 1. The highest BCUT2D eigenvalue weighted by Gasteiger charge is 2.27. The number of benzene rings is 2. The summed E-state index contributed by atoms with van der Waals surface area (Å²) < 4.78 is 5.60. The van der Waals surface area contributed by atoms with Crippen molar-refractivity contribution in [2.45, 2.75) is 25.9 Å². The second kappa shape index (κ2) is 6.29. The van der Waals surface area contributed by atoms with Crippen LogP contribution in [0.15, 0.2) is 48.5 Å². The van der Waals surface area contributed by atoms with Crippen LogP contribution < -0.4 is 4.74 Å². The third-order valence-corrected chi connectivity index (χ3v) is 3.48. The molecule has 0 saturated heterocycles. The first-order valence-corrected chi connectivity index (χ1v) is 7.10. The van der Waals surface area contributed by atoms with E-state index < -0.39 is 5.60 Å². The fraction of sp³-hybridized carbons (Fsp3) is 0.294. The molecule has 0 fully saturated rings. The lowest BCUT2D eigenvalue weighted by molar-refractivity contribution is 0.0544. The molecule has 3 heteroatoms. The normalized spacial score (nSPS) is 13.8. The van der Waals surface area contributed by atoms with E-state index in [0.29, 0.717) is 18.1 Å². The smallest absolute Gasteiger partial charge is 0.125 e. The monoisotopic (exact) mass is 290 g/mol. The van der Waals surface area contributed by atoms with Crippen LogP contribution in [0.2, 0.25) is 5.02 Å². The van der Waals surface area contributed by atoms with E-state index in [1.54, 1.807) is 6.92 Å². The van der Waals surface area contributed by atoms with Gasteiger partial charge in [0.15, 0.2) is 0 Å². The summed E-state index contributed by atoms with van der Waals surface area (Å²) in [6.45, 7) is 4.32. The zero-order chi connectivity index (χ0) is 14.6. The molecule has 0 amide bonds. The van der Waals surface area contributed by atoms with Crippen molar-refractivity contribution in [3.63, 3.8) is 0 Å². The molecule has 2 aromatic carbocycles. The Morgan fingerprint density at radius 1 is 1.10 bits per heavy atom. The molecule has 1 atom stereocenters. The molecule has 0 aliphatic carbocycles. The van der Waals surface area contributed by atoms with Gasteiger partial charge in [0.1, 0.15) is 5.75 Å².